The molecule has 3 aromatic carbocycles. The van der Waals surface area contributed by atoms with E-state index in [-0.39, 0.29) is 11.3 Å². The second-order valence-corrected chi connectivity index (χ2v) is 11.5. The standard InChI is InChI=1S/C32H35N3O2/c1-20-29-18-25-9-10-26(17-28(25)32(20,2)15-16-35(29)19-21-3-4-21)31(37)34-27-13-11-23(12-14-27)22-5-7-24(8-6-22)30(33)36/h5-14,17,20-21,29H,3-4,15-16,18-19H2,1-2H3,(H2,33,36)(H,34,37). The van der Waals surface area contributed by atoms with Gasteiger partial charge in [0.1, 0.15) is 0 Å². The lowest BCUT2D eigenvalue weighted by Gasteiger charge is -2.55. The molecule has 37 heavy (non-hydrogen) atoms. The predicted octanol–water partition coefficient (Wildman–Crippen LogP) is 5.64. The lowest BCUT2D eigenvalue weighted by Crippen LogP contribution is -2.58. The van der Waals surface area contributed by atoms with Gasteiger partial charge in [-0.1, -0.05) is 44.2 Å². The minimum Gasteiger partial charge on any atom is -0.366 e. The highest BCUT2D eigenvalue weighted by atomic mass is 16.2. The molecule has 2 bridgehead atoms. The van der Waals surface area contributed by atoms with E-state index in [1.807, 2.05) is 42.5 Å². The Kier molecular flexibility index (Phi) is 5.91. The molecule has 5 nitrogen and oxygen atoms in total. The van der Waals surface area contributed by atoms with Crippen molar-refractivity contribution in [1.29, 1.82) is 0 Å². The van der Waals surface area contributed by atoms with E-state index in [0.717, 1.165) is 47.7 Å². The maximum absolute atomic E-state index is 13.2. The summed E-state index contributed by atoms with van der Waals surface area (Å²) in [7, 11) is 0. The van der Waals surface area contributed by atoms with E-state index in [0.29, 0.717) is 17.5 Å². The second kappa shape index (κ2) is 9.14. The van der Waals surface area contributed by atoms with Crippen LogP contribution < -0.4 is 11.1 Å². The first-order valence-electron chi connectivity index (χ1n) is 13.5. The molecule has 6 rings (SSSR count). The number of nitrogens with zero attached hydrogens (tertiary/aromatic N) is 1. The normalized spacial score (nSPS) is 24.8. The minimum atomic E-state index is -0.436. The molecule has 0 radical (unpaired) electrons. The summed E-state index contributed by atoms with van der Waals surface area (Å²) >= 11 is 0. The minimum absolute atomic E-state index is 0.0779. The molecule has 2 aliphatic carbocycles. The van der Waals surface area contributed by atoms with Crippen molar-refractivity contribution in [3.8, 4) is 11.1 Å². The van der Waals surface area contributed by atoms with Crippen LogP contribution in [-0.2, 0) is 11.8 Å². The SMILES string of the molecule is CC1C2Cc3ccc(C(=O)Nc4ccc(-c5ccc(C(N)=O)cc5)cc4)cc3C1(C)CCN2CC1CC1. The molecule has 5 heteroatoms. The van der Waals surface area contributed by atoms with Gasteiger partial charge in [-0.15, -0.1) is 0 Å². The Morgan fingerprint density at radius 1 is 0.973 bits per heavy atom. The number of benzene rings is 3. The zero-order valence-corrected chi connectivity index (χ0v) is 21.7. The molecule has 1 saturated carbocycles. The van der Waals surface area contributed by atoms with Gasteiger partial charge in [0.2, 0.25) is 5.91 Å². The van der Waals surface area contributed by atoms with Crippen LogP contribution >= 0.6 is 0 Å². The summed E-state index contributed by atoms with van der Waals surface area (Å²) in [6, 6.07) is 21.9. The number of likely N-dealkylation sites (tertiary alicyclic amines) is 1. The molecule has 190 valence electrons. The van der Waals surface area contributed by atoms with E-state index in [4.69, 9.17) is 5.73 Å². The number of carbonyl (C=O) groups excluding carboxylic acids is 2. The van der Waals surface area contributed by atoms with Crippen LogP contribution in [0.15, 0.2) is 66.7 Å². The van der Waals surface area contributed by atoms with Crippen molar-refractivity contribution >= 4 is 17.5 Å². The third-order valence-corrected chi connectivity index (χ3v) is 9.22. The number of nitrogens with two attached hydrogens (primary N) is 1. The van der Waals surface area contributed by atoms with Crippen molar-refractivity contribution < 1.29 is 9.59 Å². The predicted molar refractivity (Wildman–Crippen MR) is 148 cm³/mol. The van der Waals surface area contributed by atoms with Crippen molar-refractivity contribution in [3.05, 3.63) is 89.0 Å². The molecule has 1 heterocycles. The first-order valence-corrected chi connectivity index (χ1v) is 13.5. The van der Waals surface area contributed by atoms with Crippen molar-refractivity contribution in [2.24, 2.45) is 17.6 Å². The lowest BCUT2D eigenvalue weighted by atomic mass is 9.59. The Bertz CT molecular complexity index is 1340. The van der Waals surface area contributed by atoms with Gasteiger partial charge in [-0.25, -0.2) is 0 Å². The van der Waals surface area contributed by atoms with Crippen LogP contribution in [0.4, 0.5) is 5.69 Å². The summed E-state index contributed by atoms with van der Waals surface area (Å²) in [4.78, 5) is 27.3. The molecule has 2 amide bonds. The summed E-state index contributed by atoms with van der Waals surface area (Å²) in [6.45, 7) is 7.25. The molecule has 0 spiro atoms. The van der Waals surface area contributed by atoms with Crippen molar-refractivity contribution in [3.63, 3.8) is 0 Å². The number of anilines is 1. The Morgan fingerprint density at radius 3 is 2.27 bits per heavy atom. The van der Waals surface area contributed by atoms with E-state index in [1.54, 1.807) is 12.1 Å². The van der Waals surface area contributed by atoms with E-state index in [9.17, 15) is 9.59 Å². The molecule has 3 aliphatic rings. The molecule has 1 aliphatic heterocycles. The van der Waals surface area contributed by atoms with Gasteiger partial charge < -0.3 is 11.1 Å². The van der Waals surface area contributed by atoms with Gasteiger partial charge in [-0.2, -0.15) is 0 Å². The van der Waals surface area contributed by atoms with Gasteiger partial charge in [-0.3, -0.25) is 14.5 Å². The topological polar surface area (TPSA) is 75.4 Å². The highest BCUT2D eigenvalue weighted by molar-refractivity contribution is 6.04. The quantitative estimate of drug-likeness (QED) is 0.467. The van der Waals surface area contributed by atoms with E-state index in [1.165, 1.54) is 30.5 Å². The summed E-state index contributed by atoms with van der Waals surface area (Å²) < 4.78 is 0. The molecule has 1 saturated heterocycles. The fraction of sp³-hybridized carbons (Fsp3) is 0.375. The number of piperidine rings is 1. The summed E-state index contributed by atoms with van der Waals surface area (Å²) in [6.07, 6.45) is 5.04. The number of carbonyl (C=O) groups is 2. The maximum atomic E-state index is 13.2. The molecule has 3 unspecified atom stereocenters. The lowest BCUT2D eigenvalue weighted by molar-refractivity contribution is 0.0284. The Labute approximate surface area is 219 Å². The van der Waals surface area contributed by atoms with Crippen LogP contribution in [0.1, 0.15) is 65.0 Å². The van der Waals surface area contributed by atoms with Gasteiger partial charge in [0, 0.05) is 29.4 Å². The van der Waals surface area contributed by atoms with E-state index in [2.05, 4.69) is 36.2 Å². The summed E-state index contributed by atoms with van der Waals surface area (Å²) in [5, 5.41) is 3.07. The first kappa shape index (κ1) is 23.9. The van der Waals surface area contributed by atoms with Crippen molar-refractivity contribution in [2.75, 3.05) is 18.4 Å². The number of hydrogen-bond acceptors (Lipinski definition) is 3. The largest absolute Gasteiger partial charge is 0.366 e. The Morgan fingerprint density at radius 2 is 1.62 bits per heavy atom. The van der Waals surface area contributed by atoms with Crippen molar-refractivity contribution in [1.82, 2.24) is 4.90 Å². The Hall–Kier alpha value is -3.44. The zero-order valence-electron chi connectivity index (χ0n) is 21.7. The van der Waals surface area contributed by atoms with Gasteiger partial charge >= 0.3 is 0 Å². The second-order valence-electron chi connectivity index (χ2n) is 11.5. The van der Waals surface area contributed by atoms with Crippen LogP contribution in [0.2, 0.25) is 0 Å². The number of rotatable bonds is 6. The third kappa shape index (κ3) is 4.46. The summed E-state index contributed by atoms with van der Waals surface area (Å²) in [5.74, 6) is 0.982. The van der Waals surface area contributed by atoms with Crippen molar-refractivity contribution in [2.45, 2.75) is 51.0 Å². The Balaban J connectivity index is 1.18. The number of amides is 2. The number of fused-ring (bicyclic) bond motifs is 4. The fourth-order valence-corrected chi connectivity index (χ4v) is 6.48. The number of nitrogens with one attached hydrogen (secondary N) is 1. The summed E-state index contributed by atoms with van der Waals surface area (Å²) in [5.41, 5.74) is 12.2. The molecule has 0 aromatic heterocycles. The van der Waals surface area contributed by atoms with Crippen LogP contribution in [0.3, 0.4) is 0 Å². The van der Waals surface area contributed by atoms with Crippen LogP contribution in [0.5, 0.6) is 0 Å². The van der Waals surface area contributed by atoms with Crippen LogP contribution in [0.25, 0.3) is 11.1 Å². The monoisotopic (exact) mass is 493 g/mol. The average molecular weight is 494 g/mol. The molecule has 3 N–H and O–H groups in total. The van der Waals surface area contributed by atoms with E-state index >= 15 is 0 Å². The maximum Gasteiger partial charge on any atom is 0.255 e. The van der Waals surface area contributed by atoms with Crippen LogP contribution in [-0.4, -0.2) is 35.8 Å². The smallest absolute Gasteiger partial charge is 0.255 e. The third-order valence-electron chi connectivity index (χ3n) is 9.22. The molecule has 2 fully saturated rings. The number of primary amides is 1. The average Bonchev–Trinajstić information content (AvgIpc) is 3.72. The fourth-order valence-electron chi connectivity index (χ4n) is 6.48. The van der Waals surface area contributed by atoms with Gasteiger partial charge in [0.05, 0.1) is 0 Å². The first-order chi connectivity index (χ1) is 17.8. The molecular formula is C32H35N3O2. The highest BCUT2D eigenvalue weighted by Crippen LogP contribution is 2.49. The van der Waals surface area contributed by atoms with Gasteiger partial charge in [0.25, 0.3) is 5.91 Å². The zero-order chi connectivity index (χ0) is 25.7. The molecule has 3 atom stereocenters. The van der Waals surface area contributed by atoms with Crippen LogP contribution in [0, 0.1) is 11.8 Å². The molecule has 3 aromatic rings. The van der Waals surface area contributed by atoms with Gasteiger partial charge in [0.15, 0.2) is 0 Å². The highest BCUT2D eigenvalue weighted by Gasteiger charge is 2.49. The van der Waals surface area contributed by atoms with E-state index < -0.39 is 5.91 Å². The van der Waals surface area contributed by atoms with Gasteiger partial charge in [-0.05, 0) is 108 Å². The molecular weight excluding hydrogens is 458 g/mol. The number of hydrogen-bond donors (Lipinski definition) is 2.